The Balaban J connectivity index is 2.25. The molecule has 0 fully saturated rings. The summed E-state index contributed by atoms with van der Waals surface area (Å²) in [6, 6.07) is 6.82. The van der Waals surface area contributed by atoms with Crippen LogP contribution in [-0.4, -0.2) is 11.1 Å². The lowest BCUT2D eigenvalue weighted by Gasteiger charge is -2.06. The Morgan fingerprint density at radius 1 is 1.41 bits per heavy atom. The molecule has 0 aliphatic heterocycles. The van der Waals surface area contributed by atoms with Gasteiger partial charge in [0.05, 0.1) is 0 Å². The molecule has 1 heterocycles. The minimum Gasteiger partial charge on any atom is -0.477 e. The average molecular weight is 269 g/mol. The van der Waals surface area contributed by atoms with E-state index in [0.717, 1.165) is 16.9 Å². The van der Waals surface area contributed by atoms with Crippen molar-refractivity contribution >= 4 is 28.9 Å². The van der Waals surface area contributed by atoms with Crippen LogP contribution in [0.4, 0.5) is 0 Å². The summed E-state index contributed by atoms with van der Waals surface area (Å²) in [6.07, 6.45) is 0. The zero-order valence-corrected chi connectivity index (χ0v) is 10.5. The maximum atomic E-state index is 10.7. The Morgan fingerprint density at radius 2 is 2.18 bits per heavy atom. The number of thiophene rings is 1. The first kappa shape index (κ1) is 12.0. The standard InChI is InChI=1S/C12H9ClO3S/c1-7-2-3-8(13)4-10(7)16-9-5-11(12(14)15)17-6-9/h2-6H,1H3,(H,14,15). The van der Waals surface area contributed by atoms with Crippen molar-refractivity contribution in [1.82, 2.24) is 0 Å². The van der Waals surface area contributed by atoms with Gasteiger partial charge < -0.3 is 9.84 Å². The van der Waals surface area contributed by atoms with Crippen molar-refractivity contribution < 1.29 is 14.6 Å². The molecule has 0 saturated carbocycles. The maximum absolute atomic E-state index is 10.7. The molecular formula is C12H9ClO3S. The fourth-order valence-corrected chi connectivity index (χ4v) is 2.10. The van der Waals surface area contributed by atoms with Crippen LogP contribution in [0.1, 0.15) is 15.2 Å². The van der Waals surface area contributed by atoms with Crippen molar-refractivity contribution in [3.63, 3.8) is 0 Å². The molecule has 3 nitrogen and oxygen atoms in total. The fraction of sp³-hybridized carbons (Fsp3) is 0.0833. The Morgan fingerprint density at radius 3 is 2.82 bits per heavy atom. The van der Waals surface area contributed by atoms with Crippen molar-refractivity contribution in [3.8, 4) is 11.5 Å². The van der Waals surface area contributed by atoms with Crippen LogP contribution < -0.4 is 4.74 Å². The van der Waals surface area contributed by atoms with Crippen LogP contribution >= 0.6 is 22.9 Å². The molecule has 0 saturated heterocycles. The lowest BCUT2D eigenvalue weighted by atomic mass is 10.2. The molecule has 0 unspecified atom stereocenters. The molecule has 2 aromatic rings. The lowest BCUT2D eigenvalue weighted by Crippen LogP contribution is -1.90. The SMILES string of the molecule is Cc1ccc(Cl)cc1Oc1csc(C(=O)O)c1. The number of ether oxygens (including phenoxy) is 1. The number of hydrogen-bond donors (Lipinski definition) is 1. The number of benzene rings is 1. The Bertz CT molecular complexity index is 563. The van der Waals surface area contributed by atoms with Crippen molar-refractivity contribution in [2.75, 3.05) is 0 Å². The van der Waals surface area contributed by atoms with E-state index in [-0.39, 0.29) is 4.88 Å². The van der Waals surface area contributed by atoms with Crippen molar-refractivity contribution in [1.29, 1.82) is 0 Å². The number of carbonyl (C=O) groups is 1. The van der Waals surface area contributed by atoms with E-state index in [4.69, 9.17) is 21.4 Å². The Labute approximate surface area is 107 Å². The molecule has 17 heavy (non-hydrogen) atoms. The van der Waals surface area contributed by atoms with Crippen molar-refractivity contribution in [2.45, 2.75) is 6.92 Å². The van der Waals surface area contributed by atoms with Crippen LogP contribution in [0.15, 0.2) is 29.6 Å². The number of carboxylic acids is 1. The first-order valence-corrected chi connectivity index (χ1v) is 6.08. The zero-order chi connectivity index (χ0) is 12.4. The minimum absolute atomic E-state index is 0.250. The first-order chi connectivity index (χ1) is 8.06. The molecular weight excluding hydrogens is 260 g/mol. The third-order valence-electron chi connectivity index (χ3n) is 2.16. The van der Waals surface area contributed by atoms with E-state index in [1.165, 1.54) is 6.07 Å². The molecule has 0 amide bonds. The number of rotatable bonds is 3. The predicted octanol–water partition coefficient (Wildman–Crippen LogP) is 4.20. The van der Waals surface area contributed by atoms with Gasteiger partial charge in [0.25, 0.3) is 0 Å². The second kappa shape index (κ2) is 4.77. The van der Waals surface area contributed by atoms with Gasteiger partial charge in [-0.3, -0.25) is 0 Å². The van der Waals surface area contributed by atoms with Gasteiger partial charge >= 0.3 is 5.97 Å². The van der Waals surface area contributed by atoms with Gasteiger partial charge in [-0.1, -0.05) is 17.7 Å². The lowest BCUT2D eigenvalue weighted by molar-refractivity contribution is 0.0702. The van der Waals surface area contributed by atoms with Gasteiger partial charge in [0.2, 0.25) is 0 Å². The molecule has 0 aliphatic rings. The number of hydrogen-bond acceptors (Lipinski definition) is 3. The summed E-state index contributed by atoms with van der Waals surface area (Å²) in [6.45, 7) is 1.90. The second-order valence-corrected chi connectivity index (χ2v) is 4.81. The van der Waals surface area contributed by atoms with E-state index >= 15 is 0 Å². The van der Waals surface area contributed by atoms with E-state index in [2.05, 4.69) is 0 Å². The third-order valence-corrected chi connectivity index (χ3v) is 3.30. The van der Waals surface area contributed by atoms with Crippen LogP contribution in [0.3, 0.4) is 0 Å². The highest BCUT2D eigenvalue weighted by Crippen LogP contribution is 2.30. The van der Waals surface area contributed by atoms with Gasteiger partial charge in [0.1, 0.15) is 16.4 Å². The summed E-state index contributed by atoms with van der Waals surface area (Å²) in [7, 11) is 0. The summed E-state index contributed by atoms with van der Waals surface area (Å²) in [5, 5.41) is 11.0. The smallest absolute Gasteiger partial charge is 0.346 e. The molecule has 0 radical (unpaired) electrons. The monoisotopic (exact) mass is 268 g/mol. The number of halogens is 1. The second-order valence-electron chi connectivity index (χ2n) is 3.46. The Kier molecular flexibility index (Phi) is 3.36. The molecule has 0 spiro atoms. The molecule has 2 rings (SSSR count). The summed E-state index contributed by atoms with van der Waals surface area (Å²) < 4.78 is 5.58. The van der Waals surface area contributed by atoms with Gasteiger partial charge in [0, 0.05) is 16.5 Å². The highest BCUT2D eigenvalue weighted by atomic mass is 35.5. The van der Waals surface area contributed by atoms with Gasteiger partial charge in [-0.15, -0.1) is 11.3 Å². The number of aryl methyl sites for hydroxylation is 1. The van der Waals surface area contributed by atoms with Crippen LogP contribution in [0.5, 0.6) is 11.5 Å². The highest BCUT2D eigenvalue weighted by molar-refractivity contribution is 7.12. The van der Waals surface area contributed by atoms with Crippen LogP contribution in [0, 0.1) is 6.92 Å². The number of carboxylic acid groups (broad SMARTS) is 1. The summed E-state index contributed by atoms with van der Waals surface area (Å²) in [5.41, 5.74) is 0.942. The highest BCUT2D eigenvalue weighted by Gasteiger charge is 2.09. The van der Waals surface area contributed by atoms with Crippen molar-refractivity contribution in [3.05, 3.63) is 45.1 Å². The van der Waals surface area contributed by atoms with E-state index in [9.17, 15) is 4.79 Å². The molecule has 1 aromatic carbocycles. The molecule has 88 valence electrons. The zero-order valence-electron chi connectivity index (χ0n) is 8.94. The van der Waals surface area contributed by atoms with Crippen LogP contribution in [-0.2, 0) is 0 Å². The van der Waals surface area contributed by atoms with Gasteiger partial charge in [-0.2, -0.15) is 0 Å². The normalized spacial score (nSPS) is 10.2. The Hall–Kier alpha value is -1.52. The quantitative estimate of drug-likeness (QED) is 0.907. The average Bonchev–Trinajstić information content (AvgIpc) is 2.72. The largest absolute Gasteiger partial charge is 0.477 e. The summed E-state index contributed by atoms with van der Waals surface area (Å²) >= 11 is 7.00. The summed E-state index contributed by atoms with van der Waals surface area (Å²) in [4.78, 5) is 11.0. The topological polar surface area (TPSA) is 46.5 Å². The van der Waals surface area contributed by atoms with Crippen LogP contribution in [0.2, 0.25) is 5.02 Å². The summed E-state index contributed by atoms with van der Waals surface area (Å²) in [5.74, 6) is 0.192. The van der Waals surface area contributed by atoms with Gasteiger partial charge in [-0.25, -0.2) is 4.79 Å². The van der Waals surface area contributed by atoms with E-state index in [1.54, 1.807) is 17.5 Å². The third kappa shape index (κ3) is 2.78. The molecule has 0 atom stereocenters. The van der Waals surface area contributed by atoms with Crippen molar-refractivity contribution in [2.24, 2.45) is 0 Å². The first-order valence-electron chi connectivity index (χ1n) is 4.82. The van der Waals surface area contributed by atoms with Gasteiger partial charge in [0.15, 0.2) is 0 Å². The molecule has 5 heteroatoms. The minimum atomic E-state index is -0.951. The van der Waals surface area contributed by atoms with Gasteiger partial charge in [-0.05, 0) is 24.6 Å². The number of aromatic carboxylic acids is 1. The molecule has 0 aliphatic carbocycles. The predicted molar refractivity (Wildman–Crippen MR) is 67.5 cm³/mol. The maximum Gasteiger partial charge on any atom is 0.346 e. The van der Waals surface area contributed by atoms with Crippen LogP contribution in [0.25, 0.3) is 0 Å². The molecule has 1 N–H and O–H groups in total. The van der Waals surface area contributed by atoms with E-state index in [0.29, 0.717) is 16.5 Å². The molecule has 0 bridgehead atoms. The fourth-order valence-electron chi connectivity index (χ4n) is 1.30. The molecule has 1 aromatic heterocycles. The van der Waals surface area contributed by atoms with E-state index < -0.39 is 5.97 Å². The van der Waals surface area contributed by atoms with E-state index in [1.807, 2.05) is 13.0 Å².